The van der Waals surface area contributed by atoms with Crippen LogP contribution in [0, 0.1) is 0 Å². The minimum Gasteiger partial charge on any atom is -0.395 e. The van der Waals surface area contributed by atoms with Crippen LogP contribution in [0.1, 0.15) is 45.4 Å². The smallest absolute Gasteiger partial charge is 0.0585 e. The van der Waals surface area contributed by atoms with Gasteiger partial charge in [0.15, 0.2) is 0 Å². The van der Waals surface area contributed by atoms with Crippen LogP contribution in [0.2, 0.25) is 0 Å². The molecule has 0 aromatic rings. The molecule has 20 heavy (non-hydrogen) atoms. The van der Waals surface area contributed by atoms with E-state index in [4.69, 9.17) is 0 Å². The third kappa shape index (κ3) is 4.99. The van der Waals surface area contributed by atoms with E-state index in [0.29, 0.717) is 0 Å². The van der Waals surface area contributed by atoms with Crippen molar-refractivity contribution in [1.29, 1.82) is 0 Å². The van der Waals surface area contributed by atoms with Crippen LogP contribution in [0.5, 0.6) is 0 Å². The third-order valence-corrected chi connectivity index (χ3v) is 4.97. The molecule has 1 unspecified atom stereocenters. The Morgan fingerprint density at radius 3 is 2.40 bits per heavy atom. The van der Waals surface area contributed by atoms with Gasteiger partial charge in [-0.1, -0.05) is 13.3 Å². The highest BCUT2D eigenvalue weighted by atomic mass is 16.3. The summed E-state index contributed by atoms with van der Waals surface area (Å²) in [6.45, 7) is 9.59. The number of nitrogens with zero attached hydrogens (tertiary/aromatic N) is 2. The van der Waals surface area contributed by atoms with E-state index < -0.39 is 0 Å². The minimum absolute atomic E-state index is 0.262. The van der Waals surface area contributed by atoms with Crippen molar-refractivity contribution >= 4 is 0 Å². The molecule has 0 aromatic heterocycles. The van der Waals surface area contributed by atoms with Crippen LogP contribution in [-0.2, 0) is 0 Å². The molecule has 0 aliphatic carbocycles. The van der Waals surface area contributed by atoms with E-state index >= 15 is 0 Å². The molecule has 0 amide bonds. The lowest BCUT2D eigenvalue weighted by atomic mass is 9.99. The lowest BCUT2D eigenvalue weighted by Crippen LogP contribution is -2.47. The summed E-state index contributed by atoms with van der Waals surface area (Å²) in [4.78, 5) is 5.32. The van der Waals surface area contributed by atoms with E-state index in [9.17, 15) is 5.11 Å². The van der Waals surface area contributed by atoms with Crippen molar-refractivity contribution < 1.29 is 5.11 Å². The molecule has 2 saturated heterocycles. The van der Waals surface area contributed by atoms with Gasteiger partial charge in [0.05, 0.1) is 6.61 Å². The first-order valence-corrected chi connectivity index (χ1v) is 8.64. The zero-order valence-electron chi connectivity index (χ0n) is 13.2. The van der Waals surface area contributed by atoms with E-state index in [0.717, 1.165) is 25.6 Å². The standard InChI is InChI=1S/C16H33N3O/c1-2-17-15(14-20)6-11-18-12-7-16(8-13-18)19-9-4-3-5-10-19/h15-17,20H,2-14H2,1H3. The van der Waals surface area contributed by atoms with Crippen molar-refractivity contribution in [3.05, 3.63) is 0 Å². The summed E-state index contributed by atoms with van der Waals surface area (Å²) in [6.07, 6.45) is 7.99. The first-order valence-electron chi connectivity index (χ1n) is 8.64. The maximum atomic E-state index is 9.31. The summed E-state index contributed by atoms with van der Waals surface area (Å²) in [5, 5.41) is 12.7. The third-order valence-electron chi connectivity index (χ3n) is 4.97. The zero-order valence-corrected chi connectivity index (χ0v) is 13.2. The number of hydrogen-bond acceptors (Lipinski definition) is 4. The highest BCUT2D eigenvalue weighted by molar-refractivity contribution is 4.82. The molecule has 0 aromatic carbocycles. The number of piperidine rings is 2. The van der Waals surface area contributed by atoms with Crippen LogP contribution in [-0.4, -0.2) is 72.9 Å². The lowest BCUT2D eigenvalue weighted by molar-refractivity contribution is 0.0892. The van der Waals surface area contributed by atoms with Crippen molar-refractivity contribution in [3.63, 3.8) is 0 Å². The molecular formula is C16H33N3O. The van der Waals surface area contributed by atoms with Gasteiger partial charge in [0.1, 0.15) is 0 Å². The summed E-state index contributed by atoms with van der Waals surface area (Å²) in [7, 11) is 0. The summed E-state index contributed by atoms with van der Waals surface area (Å²) in [6, 6.07) is 1.12. The number of aliphatic hydroxyl groups excluding tert-OH is 1. The SMILES string of the molecule is CCNC(CO)CCN1CCC(N2CCCCC2)CC1. The summed E-state index contributed by atoms with van der Waals surface area (Å²) >= 11 is 0. The predicted molar refractivity (Wildman–Crippen MR) is 84.1 cm³/mol. The molecule has 1 atom stereocenters. The van der Waals surface area contributed by atoms with Crippen LogP contribution in [0.4, 0.5) is 0 Å². The van der Waals surface area contributed by atoms with Crippen molar-refractivity contribution in [3.8, 4) is 0 Å². The Kier molecular flexibility index (Phi) is 7.28. The highest BCUT2D eigenvalue weighted by Gasteiger charge is 2.25. The van der Waals surface area contributed by atoms with E-state index in [2.05, 4.69) is 22.0 Å². The first-order chi connectivity index (χ1) is 9.83. The maximum Gasteiger partial charge on any atom is 0.0585 e. The summed E-state index contributed by atoms with van der Waals surface area (Å²) in [5.74, 6) is 0. The van der Waals surface area contributed by atoms with Gasteiger partial charge in [-0.25, -0.2) is 0 Å². The second-order valence-corrected chi connectivity index (χ2v) is 6.40. The molecule has 0 saturated carbocycles. The van der Waals surface area contributed by atoms with E-state index in [-0.39, 0.29) is 12.6 Å². The fraction of sp³-hybridized carbons (Fsp3) is 1.00. The number of hydrogen-bond donors (Lipinski definition) is 2. The zero-order chi connectivity index (χ0) is 14.2. The molecule has 2 aliphatic heterocycles. The Hall–Kier alpha value is -0.160. The Labute approximate surface area is 124 Å². The largest absolute Gasteiger partial charge is 0.395 e. The summed E-state index contributed by atoms with van der Waals surface area (Å²) < 4.78 is 0. The molecule has 0 spiro atoms. The van der Waals surface area contributed by atoms with Crippen LogP contribution in [0.3, 0.4) is 0 Å². The average Bonchev–Trinajstić information content (AvgIpc) is 2.53. The number of nitrogens with one attached hydrogen (secondary N) is 1. The van der Waals surface area contributed by atoms with Gasteiger partial charge in [-0.15, -0.1) is 0 Å². The predicted octanol–water partition coefficient (Wildman–Crippen LogP) is 1.30. The molecule has 4 nitrogen and oxygen atoms in total. The van der Waals surface area contributed by atoms with Crippen molar-refractivity contribution in [1.82, 2.24) is 15.1 Å². The minimum atomic E-state index is 0.262. The van der Waals surface area contributed by atoms with Crippen molar-refractivity contribution in [2.45, 2.75) is 57.5 Å². The Morgan fingerprint density at radius 2 is 1.80 bits per heavy atom. The van der Waals surface area contributed by atoms with Gasteiger partial charge in [0.25, 0.3) is 0 Å². The molecule has 0 bridgehead atoms. The first kappa shape index (κ1) is 16.2. The van der Waals surface area contributed by atoms with E-state index in [1.54, 1.807) is 0 Å². The Balaban J connectivity index is 1.63. The van der Waals surface area contributed by atoms with Gasteiger partial charge >= 0.3 is 0 Å². The normalized spacial score (nSPS) is 24.9. The topological polar surface area (TPSA) is 38.7 Å². The maximum absolute atomic E-state index is 9.31. The van der Waals surface area contributed by atoms with Crippen LogP contribution in [0.15, 0.2) is 0 Å². The van der Waals surface area contributed by atoms with Gasteiger partial charge in [0, 0.05) is 12.1 Å². The Morgan fingerprint density at radius 1 is 1.10 bits per heavy atom. The quantitative estimate of drug-likeness (QED) is 0.739. The number of likely N-dealkylation sites (tertiary alicyclic amines) is 2. The average molecular weight is 283 g/mol. The number of likely N-dealkylation sites (N-methyl/N-ethyl adjacent to an activating group) is 1. The van der Waals surface area contributed by atoms with Gasteiger partial charge in [-0.3, -0.25) is 0 Å². The monoisotopic (exact) mass is 283 g/mol. The number of rotatable bonds is 7. The van der Waals surface area contributed by atoms with Crippen LogP contribution >= 0.6 is 0 Å². The molecule has 4 heteroatoms. The molecular weight excluding hydrogens is 250 g/mol. The second kappa shape index (κ2) is 8.98. The van der Waals surface area contributed by atoms with E-state index in [1.165, 1.54) is 58.3 Å². The van der Waals surface area contributed by atoms with Crippen molar-refractivity contribution in [2.75, 3.05) is 45.9 Å². The summed E-state index contributed by atoms with van der Waals surface area (Å²) in [5.41, 5.74) is 0. The fourth-order valence-corrected chi connectivity index (χ4v) is 3.68. The lowest BCUT2D eigenvalue weighted by Gasteiger charge is -2.40. The fourth-order valence-electron chi connectivity index (χ4n) is 3.68. The van der Waals surface area contributed by atoms with Gasteiger partial charge in [-0.2, -0.15) is 0 Å². The van der Waals surface area contributed by atoms with Gasteiger partial charge in [-0.05, 0) is 71.4 Å². The second-order valence-electron chi connectivity index (χ2n) is 6.40. The molecule has 2 heterocycles. The van der Waals surface area contributed by atoms with Gasteiger partial charge in [0.2, 0.25) is 0 Å². The molecule has 0 radical (unpaired) electrons. The highest BCUT2D eigenvalue weighted by Crippen LogP contribution is 2.20. The van der Waals surface area contributed by atoms with Crippen LogP contribution in [0.25, 0.3) is 0 Å². The van der Waals surface area contributed by atoms with E-state index in [1.807, 2.05) is 0 Å². The van der Waals surface area contributed by atoms with Crippen molar-refractivity contribution in [2.24, 2.45) is 0 Å². The molecule has 2 aliphatic rings. The number of aliphatic hydroxyl groups is 1. The Bertz CT molecular complexity index is 248. The molecule has 118 valence electrons. The molecule has 2 N–H and O–H groups in total. The van der Waals surface area contributed by atoms with Gasteiger partial charge < -0.3 is 20.2 Å². The molecule has 2 fully saturated rings. The van der Waals surface area contributed by atoms with Crippen LogP contribution < -0.4 is 5.32 Å². The molecule has 2 rings (SSSR count).